The van der Waals surface area contributed by atoms with Crippen molar-refractivity contribution in [2.45, 2.75) is 52.4 Å². The number of rotatable bonds is 6. The minimum atomic E-state index is -0.0308. The van der Waals surface area contributed by atoms with Crippen LogP contribution in [0.3, 0.4) is 0 Å². The molecule has 0 aliphatic rings. The molecule has 1 heterocycles. The van der Waals surface area contributed by atoms with E-state index in [0.29, 0.717) is 4.77 Å². The van der Waals surface area contributed by atoms with Crippen LogP contribution in [0, 0.1) is 11.7 Å². The van der Waals surface area contributed by atoms with E-state index >= 15 is 0 Å². The first-order valence-corrected chi connectivity index (χ1v) is 6.38. The van der Waals surface area contributed by atoms with Crippen LogP contribution in [0.2, 0.25) is 0 Å². The van der Waals surface area contributed by atoms with Crippen LogP contribution in [0.15, 0.2) is 4.79 Å². The number of nitrogens with one attached hydrogen (secondary N) is 2. The van der Waals surface area contributed by atoms with Gasteiger partial charge in [-0.05, 0) is 32.0 Å². The van der Waals surface area contributed by atoms with Crippen LogP contribution in [-0.4, -0.2) is 9.97 Å². The standard InChI is InChI=1S/C12H20N2OS/c1-3-4-5-6-7-8-10-9(2)13-12(16)14-11(10)15/h3-8H2,1-2H3,(H2,13,14,15,16). The van der Waals surface area contributed by atoms with Crippen molar-refractivity contribution in [2.24, 2.45) is 0 Å². The molecule has 4 heteroatoms. The lowest BCUT2D eigenvalue weighted by molar-refractivity contribution is 0.628. The first-order chi connectivity index (χ1) is 7.65. The average Bonchev–Trinajstić information content (AvgIpc) is 2.20. The minimum absolute atomic E-state index is 0.0308. The molecule has 0 amide bonds. The van der Waals surface area contributed by atoms with Gasteiger partial charge < -0.3 is 4.98 Å². The maximum Gasteiger partial charge on any atom is 0.255 e. The second-order valence-corrected chi connectivity index (χ2v) is 4.58. The van der Waals surface area contributed by atoms with Crippen LogP contribution in [0.5, 0.6) is 0 Å². The molecular formula is C12H20N2OS. The molecule has 0 radical (unpaired) electrons. The van der Waals surface area contributed by atoms with E-state index in [1.54, 1.807) is 0 Å². The molecule has 1 aromatic heterocycles. The van der Waals surface area contributed by atoms with Crippen molar-refractivity contribution < 1.29 is 0 Å². The highest BCUT2D eigenvalue weighted by Crippen LogP contribution is 2.07. The number of hydrogen-bond acceptors (Lipinski definition) is 2. The fraction of sp³-hybridized carbons (Fsp3) is 0.667. The Labute approximate surface area is 101 Å². The van der Waals surface area contributed by atoms with E-state index in [4.69, 9.17) is 12.2 Å². The number of hydrogen-bond donors (Lipinski definition) is 2. The quantitative estimate of drug-likeness (QED) is 0.592. The Bertz CT molecular complexity index is 433. The highest BCUT2D eigenvalue weighted by molar-refractivity contribution is 7.71. The number of aryl methyl sites for hydroxylation is 1. The van der Waals surface area contributed by atoms with Gasteiger partial charge in [0.15, 0.2) is 4.77 Å². The van der Waals surface area contributed by atoms with Crippen molar-refractivity contribution in [3.05, 3.63) is 26.4 Å². The van der Waals surface area contributed by atoms with E-state index in [1.165, 1.54) is 25.7 Å². The molecule has 1 aromatic rings. The second-order valence-electron chi connectivity index (χ2n) is 4.18. The molecule has 0 unspecified atom stereocenters. The Hall–Kier alpha value is -0.900. The van der Waals surface area contributed by atoms with Crippen LogP contribution >= 0.6 is 12.2 Å². The average molecular weight is 240 g/mol. The van der Waals surface area contributed by atoms with E-state index in [-0.39, 0.29) is 5.56 Å². The zero-order valence-electron chi connectivity index (χ0n) is 10.1. The number of H-pyrrole nitrogens is 2. The third-order valence-corrected chi connectivity index (χ3v) is 2.99. The van der Waals surface area contributed by atoms with Gasteiger partial charge in [-0.2, -0.15) is 0 Å². The van der Waals surface area contributed by atoms with E-state index in [9.17, 15) is 4.79 Å². The van der Waals surface area contributed by atoms with Crippen molar-refractivity contribution >= 4 is 12.2 Å². The van der Waals surface area contributed by atoms with Gasteiger partial charge in [0.25, 0.3) is 5.56 Å². The summed E-state index contributed by atoms with van der Waals surface area (Å²) in [6.45, 7) is 4.11. The molecule has 0 bridgehead atoms. The van der Waals surface area contributed by atoms with Gasteiger partial charge in [-0.25, -0.2) is 0 Å². The summed E-state index contributed by atoms with van der Waals surface area (Å²) in [7, 11) is 0. The van der Waals surface area contributed by atoms with Gasteiger partial charge in [0.05, 0.1) is 0 Å². The Balaban J connectivity index is 2.54. The molecular weight excluding hydrogens is 220 g/mol. The third kappa shape index (κ3) is 3.93. The smallest absolute Gasteiger partial charge is 0.255 e. The van der Waals surface area contributed by atoms with Crippen LogP contribution < -0.4 is 5.56 Å². The summed E-state index contributed by atoms with van der Waals surface area (Å²) < 4.78 is 0.414. The maximum atomic E-state index is 11.6. The van der Waals surface area contributed by atoms with Crippen LogP contribution in [0.25, 0.3) is 0 Å². The van der Waals surface area contributed by atoms with Crippen LogP contribution in [0.1, 0.15) is 50.3 Å². The molecule has 0 aromatic carbocycles. The summed E-state index contributed by atoms with van der Waals surface area (Å²) in [6, 6.07) is 0. The van der Waals surface area contributed by atoms with Gasteiger partial charge in [-0.3, -0.25) is 9.78 Å². The monoisotopic (exact) mass is 240 g/mol. The van der Waals surface area contributed by atoms with E-state index in [0.717, 1.165) is 24.1 Å². The number of unbranched alkanes of at least 4 members (excludes halogenated alkanes) is 4. The van der Waals surface area contributed by atoms with Gasteiger partial charge >= 0.3 is 0 Å². The Morgan fingerprint density at radius 2 is 1.81 bits per heavy atom. The zero-order valence-corrected chi connectivity index (χ0v) is 10.9. The van der Waals surface area contributed by atoms with E-state index in [2.05, 4.69) is 16.9 Å². The van der Waals surface area contributed by atoms with E-state index < -0.39 is 0 Å². The zero-order chi connectivity index (χ0) is 12.0. The van der Waals surface area contributed by atoms with Crippen molar-refractivity contribution in [1.82, 2.24) is 9.97 Å². The van der Waals surface area contributed by atoms with Crippen molar-refractivity contribution in [1.29, 1.82) is 0 Å². The van der Waals surface area contributed by atoms with Crippen LogP contribution in [-0.2, 0) is 6.42 Å². The van der Waals surface area contributed by atoms with Gasteiger partial charge in [0.2, 0.25) is 0 Å². The predicted octanol–water partition coefficient (Wildman–Crippen LogP) is 3.25. The highest BCUT2D eigenvalue weighted by atomic mass is 32.1. The fourth-order valence-corrected chi connectivity index (χ4v) is 2.08. The Kier molecular flexibility index (Phi) is 5.46. The fourth-order valence-electron chi connectivity index (χ4n) is 1.83. The van der Waals surface area contributed by atoms with Crippen molar-refractivity contribution in [3.63, 3.8) is 0 Å². The van der Waals surface area contributed by atoms with E-state index in [1.807, 2.05) is 6.92 Å². The van der Waals surface area contributed by atoms with Crippen molar-refractivity contribution in [2.75, 3.05) is 0 Å². The molecule has 0 fully saturated rings. The van der Waals surface area contributed by atoms with Crippen LogP contribution in [0.4, 0.5) is 0 Å². The molecule has 90 valence electrons. The molecule has 0 spiro atoms. The molecule has 0 aliphatic carbocycles. The minimum Gasteiger partial charge on any atom is -0.336 e. The molecule has 2 N–H and O–H groups in total. The van der Waals surface area contributed by atoms with Gasteiger partial charge in [-0.15, -0.1) is 0 Å². The SMILES string of the molecule is CCCCCCCc1c(C)[nH]c(=S)[nH]c1=O. The second kappa shape index (κ2) is 6.63. The summed E-state index contributed by atoms with van der Waals surface area (Å²) in [5.41, 5.74) is 1.73. The molecule has 3 nitrogen and oxygen atoms in total. The lowest BCUT2D eigenvalue weighted by Crippen LogP contribution is -2.16. The molecule has 16 heavy (non-hydrogen) atoms. The first-order valence-electron chi connectivity index (χ1n) is 5.97. The summed E-state index contributed by atoms with van der Waals surface area (Å²) in [6.07, 6.45) is 6.91. The lowest BCUT2D eigenvalue weighted by atomic mass is 10.1. The summed E-state index contributed by atoms with van der Waals surface area (Å²) in [5, 5.41) is 0. The first kappa shape index (κ1) is 13.2. The van der Waals surface area contributed by atoms with Gasteiger partial charge in [0.1, 0.15) is 0 Å². The summed E-state index contributed by atoms with van der Waals surface area (Å²) in [4.78, 5) is 17.3. The Morgan fingerprint density at radius 3 is 2.44 bits per heavy atom. The normalized spacial score (nSPS) is 10.6. The highest BCUT2D eigenvalue weighted by Gasteiger charge is 2.03. The van der Waals surface area contributed by atoms with Gasteiger partial charge in [-0.1, -0.05) is 32.6 Å². The van der Waals surface area contributed by atoms with Crippen molar-refractivity contribution in [3.8, 4) is 0 Å². The molecule has 0 atom stereocenters. The summed E-state index contributed by atoms with van der Waals surface area (Å²) >= 11 is 4.91. The lowest BCUT2D eigenvalue weighted by Gasteiger charge is -2.04. The Morgan fingerprint density at radius 1 is 1.12 bits per heavy atom. The topological polar surface area (TPSA) is 48.6 Å². The molecule has 0 saturated heterocycles. The molecule has 1 rings (SSSR count). The molecule has 0 aliphatic heterocycles. The third-order valence-electron chi connectivity index (χ3n) is 2.79. The maximum absolute atomic E-state index is 11.6. The number of aromatic nitrogens is 2. The molecule has 0 saturated carbocycles. The van der Waals surface area contributed by atoms with Gasteiger partial charge in [0, 0.05) is 11.3 Å². The predicted molar refractivity (Wildman–Crippen MR) is 69.4 cm³/mol. The largest absolute Gasteiger partial charge is 0.336 e. The summed E-state index contributed by atoms with van der Waals surface area (Å²) in [5.74, 6) is 0. The number of aromatic amines is 2.